The number of benzene rings is 2. The van der Waals surface area contributed by atoms with E-state index in [0.29, 0.717) is 24.8 Å². The van der Waals surface area contributed by atoms with Gasteiger partial charge in [0.25, 0.3) is 5.91 Å². The van der Waals surface area contributed by atoms with Crippen LogP contribution in [0.15, 0.2) is 73.8 Å². The number of esters is 1. The van der Waals surface area contributed by atoms with Crippen LogP contribution in [-0.4, -0.2) is 76.7 Å². The second-order valence-corrected chi connectivity index (χ2v) is 14.2. The van der Waals surface area contributed by atoms with Gasteiger partial charge in [-0.25, -0.2) is 0 Å². The lowest BCUT2D eigenvalue weighted by molar-refractivity contribution is -0.162. The first-order valence-electron chi connectivity index (χ1n) is 17.7. The molecule has 3 aliphatic heterocycles. The van der Waals surface area contributed by atoms with Crippen molar-refractivity contribution in [2.24, 2.45) is 17.8 Å². The molecule has 50 heavy (non-hydrogen) atoms. The number of nitrogens with zero attached hydrogens (tertiary/aromatic N) is 2. The van der Waals surface area contributed by atoms with E-state index in [1.807, 2.05) is 76.2 Å². The molecule has 10 heteroatoms. The molecule has 3 amide bonds. The fourth-order valence-electron chi connectivity index (χ4n) is 8.36. The van der Waals surface area contributed by atoms with Crippen molar-refractivity contribution in [1.82, 2.24) is 10.2 Å². The zero-order valence-electron chi connectivity index (χ0n) is 29.8. The van der Waals surface area contributed by atoms with E-state index in [0.717, 1.165) is 16.8 Å². The van der Waals surface area contributed by atoms with E-state index < -0.39 is 59.6 Å². The summed E-state index contributed by atoms with van der Waals surface area (Å²) in [6, 6.07) is 12.6. The number of fused-ring (bicyclic) bond motifs is 1. The molecule has 3 fully saturated rings. The molecule has 0 aromatic heterocycles. The molecule has 0 radical (unpaired) electrons. The number of carbonyl (C=O) groups excluding carboxylic acids is 4. The standard InChI is InChI=1S/C40H51N3O7/c1-8-10-19-31(45)41-27(7)35(28-17-12-11-13-18-28)49-39(48)32-30-20-21-40(50-30)33(32)37(46)43(29(23-44)24(3)4)36(40)38(47)42(22-9-2)34-25(5)15-14-16-26(34)6/h8-9,11-18,24,27,29-30,32-33,35-36,44H,1-2,10,19-23H2,3-7H3,(H,41,45)/t27-,29-,30+,32-,33-,35-,36+,40-/m0/s1. The van der Waals surface area contributed by atoms with Crippen LogP contribution in [0.4, 0.5) is 5.69 Å². The first kappa shape index (κ1) is 37.0. The van der Waals surface area contributed by atoms with E-state index in [-0.39, 0.29) is 37.3 Å². The molecule has 3 heterocycles. The molecular formula is C40H51N3O7. The lowest BCUT2D eigenvalue weighted by atomic mass is 9.70. The fourth-order valence-corrected chi connectivity index (χ4v) is 8.36. The number of aryl methyl sites for hydroxylation is 2. The fraction of sp³-hybridized carbons (Fsp3) is 0.500. The molecule has 2 aromatic rings. The Hall–Kier alpha value is -4.28. The van der Waals surface area contributed by atoms with Crippen molar-refractivity contribution in [2.45, 2.75) is 96.2 Å². The van der Waals surface area contributed by atoms with Crippen LogP contribution in [0.1, 0.15) is 69.2 Å². The highest BCUT2D eigenvalue weighted by Crippen LogP contribution is 2.59. The summed E-state index contributed by atoms with van der Waals surface area (Å²) in [7, 11) is 0. The van der Waals surface area contributed by atoms with Crippen molar-refractivity contribution in [3.05, 3.63) is 90.5 Å². The third-order valence-electron chi connectivity index (χ3n) is 10.6. The topological polar surface area (TPSA) is 125 Å². The molecule has 10 nitrogen and oxygen atoms in total. The van der Waals surface area contributed by atoms with E-state index in [9.17, 15) is 19.5 Å². The summed E-state index contributed by atoms with van der Waals surface area (Å²) in [5, 5.41) is 13.6. The van der Waals surface area contributed by atoms with Gasteiger partial charge in [0.15, 0.2) is 0 Å². The van der Waals surface area contributed by atoms with Gasteiger partial charge in [-0.15, -0.1) is 13.2 Å². The maximum absolute atomic E-state index is 15.0. The third kappa shape index (κ3) is 6.63. The summed E-state index contributed by atoms with van der Waals surface area (Å²) in [5.41, 5.74) is 1.91. The number of carbonyl (C=O) groups is 4. The van der Waals surface area contributed by atoms with Crippen LogP contribution >= 0.6 is 0 Å². The van der Waals surface area contributed by atoms with Gasteiger partial charge in [0.05, 0.1) is 36.6 Å². The van der Waals surface area contributed by atoms with Crippen LogP contribution in [0.2, 0.25) is 0 Å². The third-order valence-corrected chi connectivity index (χ3v) is 10.6. The van der Waals surface area contributed by atoms with E-state index in [2.05, 4.69) is 18.5 Å². The Bertz CT molecular complexity index is 1590. The summed E-state index contributed by atoms with van der Waals surface area (Å²) in [5.74, 6) is -3.73. The van der Waals surface area contributed by atoms with Crippen LogP contribution in [0.3, 0.4) is 0 Å². The average molecular weight is 686 g/mol. The summed E-state index contributed by atoms with van der Waals surface area (Å²) in [6.45, 7) is 16.9. The molecule has 3 aliphatic rings. The van der Waals surface area contributed by atoms with E-state index >= 15 is 4.79 Å². The number of aliphatic hydroxyl groups is 1. The molecular weight excluding hydrogens is 634 g/mol. The average Bonchev–Trinajstić information content (AvgIpc) is 3.73. The van der Waals surface area contributed by atoms with Gasteiger partial charge in [0, 0.05) is 18.7 Å². The highest BCUT2D eigenvalue weighted by atomic mass is 16.6. The molecule has 268 valence electrons. The Morgan fingerprint density at radius 1 is 1.08 bits per heavy atom. The Morgan fingerprint density at radius 3 is 2.36 bits per heavy atom. The number of hydrogen-bond donors (Lipinski definition) is 2. The quantitative estimate of drug-likeness (QED) is 0.200. The summed E-state index contributed by atoms with van der Waals surface area (Å²) >= 11 is 0. The van der Waals surface area contributed by atoms with Crippen LogP contribution < -0.4 is 10.2 Å². The number of rotatable bonds is 15. The number of ether oxygens (including phenoxy) is 2. The van der Waals surface area contributed by atoms with Crippen LogP contribution in [0, 0.1) is 31.6 Å². The molecule has 3 saturated heterocycles. The predicted molar refractivity (Wildman–Crippen MR) is 191 cm³/mol. The molecule has 0 unspecified atom stereocenters. The van der Waals surface area contributed by atoms with Gasteiger partial charge in [-0.05, 0) is 62.6 Å². The van der Waals surface area contributed by atoms with Crippen LogP contribution in [0.25, 0.3) is 0 Å². The van der Waals surface area contributed by atoms with Crippen molar-refractivity contribution < 1.29 is 33.8 Å². The Kier molecular flexibility index (Phi) is 11.3. The number of nitrogens with one attached hydrogen (secondary N) is 1. The van der Waals surface area contributed by atoms with Crippen molar-refractivity contribution in [3.63, 3.8) is 0 Å². The van der Waals surface area contributed by atoms with E-state index in [4.69, 9.17) is 9.47 Å². The second kappa shape index (κ2) is 15.3. The normalized spacial score (nSPS) is 25.5. The minimum Gasteiger partial charge on any atom is -0.455 e. The van der Waals surface area contributed by atoms with Crippen molar-refractivity contribution >= 4 is 29.4 Å². The molecule has 1 spiro atoms. The smallest absolute Gasteiger partial charge is 0.313 e. The monoisotopic (exact) mass is 685 g/mol. The number of aliphatic hydroxyl groups excluding tert-OH is 1. The molecule has 2 aromatic carbocycles. The van der Waals surface area contributed by atoms with Gasteiger partial charge in [-0.3, -0.25) is 19.2 Å². The van der Waals surface area contributed by atoms with Gasteiger partial charge in [-0.2, -0.15) is 0 Å². The number of likely N-dealkylation sites (tertiary alicyclic amines) is 1. The molecule has 2 bridgehead atoms. The van der Waals surface area contributed by atoms with E-state index in [1.165, 1.54) is 4.90 Å². The molecule has 0 aliphatic carbocycles. The van der Waals surface area contributed by atoms with Gasteiger partial charge in [0.2, 0.25) is 11.8 Å². The largest absolute Gasteiger partial charge is 0.455 e. The maximum atomic E-state index is 15.0. The first-order valence-corrected chi connectivity index (χ1v) is 17.7. The Labute approximate surface area is 295 Å². The zero-order chi connectivity index (χ0) is 36.3. The number of anilines is 1. The zero-order valence-corrected chi connectivity index (χ0v) is 29.8. The maximum Gasteiger partial charge on any atom is 0.313 e. The molecule has 5 rings (SSSR count). The number of para-hydroxylation sites is 1. The van der Waals surface area contributed by atoms with Gasteiger partial charge >= 0.3 is 5.97 Å². The minimum absolute atomic E-state index is 0.194. The molecule has 2 N–H and O–H groups in total. The lowest BCUT2D eigenvalue weighted by Gasteiger charge is -2.41. The van der Waals surface area contributed by atoms with Crippen molar-refractivity contribution in [3.8, 4) is 0 Å². The van der Waals surface area contributed by atoms with Gasteiger partial charge in [-0.1, -0.05) is 74.5 Å². The SMILES string of the molecule is C=CCCC(=O)N[C@@H](C)[C@H](OC(=O)[C@@H]1[C@H]2C(=O)N([C@@H](CO)C(C)C)[C@H](C(=O)N(CC=C)c3c(C)cccc3C)[C@]23CC[C@H]1O3)c1ccccc1. The Morgan fingerprint density at radius 2 is 1.76 bits per heavy atom. The van der Waals surface area contributed by atoms with Crippen molar-refractivity contribution in [2.75, 3.05) is 18.1 Å². The summed E-state index contributed by atoms with van der Waals surface area (Å²) < 4.78 is 13.0. The summed E-state index contributed by atoms with van der Waals surface area (Å²) in [6.07, 6.45) is 3.46. The van der Waals surface area contributed by atoms with Gasteiger partial charge < -0.3 is 29.7 Å². The number of hydrogen-bond acceptors (Lipinski definition) is 7. The predicted octanol–water partition coefficient (Wildman–Crippen LogP) is 4.97. The highest BCUT2D eigenvalue weighted by Gasteiger charge is 2.76. The molecule has 8 atom stereocenters. The van der Waals surface area contributed by atoms with E-state index in [1.54, 1.807) is 24.0 Å². The number of amides is 3. The number of allylic oxidation sites excluding steroid dienone is 1. The Balaban J connectivity index is 1.54. The van der Waals surface area contributed by atoms with Crippen LogP contribution in [-0.2, 0) is 28.7 Å². The molecule has 0 saturated carbocycles. The first-order chi connectivity index (χ1) is 23.9. The van der Waals surface area contributed by atoms with Crippen molar-refractivity contribution in [1.29, 1.82) is 0 Å². The minimum atomic E-state index is -1.30. The highest BCUT2D eigenvalue weighted by molar-refractivity contribution is 6.05. The lowest BCUT2D eigenvalue weighted by Crippen LogP contribution is -2.60. The van der Waals surface area contributed by atoms with Crippen LogP contribution in [0.5, 0.6) is 0 Å². The summed E-state index contributed by atoms with van der Waals surface area (Å²) in [4.78, 5) is 60.0. The second-order valence-electron chi connectivity index (χ2n) is 14.2. The van der Waals surface area contributed by atoms with Gasteiger partial charge in [0.1, 0.15) is 17.7 Å².